The van der Waals surface area contributed by atoms with Crippen molar-refractivity contribution in [2.24, 2.45) is 17.4 Å². The molecule has 0 spiro atoms. The van der Waals surface area contributed by atoms with Crippen molar-refractivity contribution in [1.82, 2.24) is 5.32 Å². The number of carbonyl (C=O) groups excluding carboxylic acids is 1. The normalized spacial score (nSPS) is 13.0. The molecule has 1 aromatic rings. The Labute approximate surface area is 140 Å². The van der Waals surface area contributed by atoms with Gasteiger partial charge in [0.1, 0.15) is 11.5 Å². The zero-order valence-electron chi connectivity index (χ0n) is 13.4. The van der Waals surface area contributed by atoms with Crippen LogP contribution < -0.4 is 16.8 Å². The van der Waals surface area contributed by atoms with Crippen LogP contribution in [0.3, 0.4) is 0 Å². The minimum absolute atomic E-state index is 0.0999. The summed E-state index contributed by atoms with van der Waals surface area (Å²) in [4.78, 5) is 23.5. The molecule has 0 aromatic heterocycles. The summed E-state index contributed by atoms with van der Waals surface area (Å²) in [6, 6.07) is 5.47. The molecule has 1 rings (SSSR count). The highest BCUT2D eigenvalue weighted by Crippen LogP contribution is 2.17. The third-order valence-electron chi connectivity index (χ3n) is 3.64. The van der Waals surface area contributed by atoms with Crippen molar-refractivity contribution in [3.63, 3.8) is 0 Å². The Kier molecular flexibility index (Phi) is 7.70. The second-order valence-corrected chi connectivity index (χ2v) is 5.67. The van der Waals surface area contributed by atoms with Crippen molar-refractivity contribution in [2.45, 2.75) is 31.7 Å². The maximum absolute atomic E-state index is 12.1. The maximum atomic E-state index is 12.1. The van der Waals surface area contributed by atoms with Gasteiger partial charge in [-0.25, -0.2) is 0 Å². The second kappa shape index (κ2) is 9.51. The number of nitrogens with two attached hydrogens (primary N) is 2. The van der Waals surface area contributed by atoms with Gasteiger partial charge in [0, 0.05) is 13.0 Å². The zero-order valence-corrected chi connectivity index (χ0v) is 13.4. The first-order valence-electron chi connectivity index (χ1n) is 7.66. The van der Waals surface area contributed by atoms with Crippen LogP contribution in [0.5, 0.6) is 5.75 Å². The average molecular weight is 336 g/mol. The number of aromatic hydroxyl groups is 1. The summed E-state index contributed by atoms with van der Waals surface area (Å²) >= 11 is 0. The van der Waals surface area contributed by atoms with Gasteiger partial charge in [-0.2, -0.15) is 0 Å². The molecule has 24 heavy (non-hydrogen) atoms. The van der Waals surface area contributed by atoms with Gasteiger partial charge in [-0.3, -0.25) is 15.0 Å². The lowest BCUT2D eigenvalue weighted by Gasteiger charge is -2.15. The number of nitrogens with one attached hydrogen (secondary N) is 2. The number of carboxylic acids is 1. The molecule has 1 aromatic carbocycles. The molecule has 0 aliphatic heterocycles. The summed E-state index contributed by atoms with van der Waals surface area (Å²) in [5, 5.41) is 28.2. The number of carboxylic acid groups (broad SMARTS) is 1. The van der Waals surface area contributed by atoms with Crippen LogP contribution in [0.25, 0.3) is 0 Å². The number of hydrogen-bond donors (Lipinski definition) is 6. The number of aliphatic carboxylic acids is 1. The molecule has 0 radical (unpaired) electrons. The molecule has 8 heteroatoms. The smallest absolute Gasteiger partial charge is 0.307 e. The summed E-state index contributed by atoms with van der Waals surface area (Å²) in [6.45, 7) is 0.437. The molecule has 0 saturated carbocycles. The lowest BCUT2D eigenvalue weighted by atomic mass is 9.91. The van der Waals surface area contributed by atoms with E-state index in [-0.39, 0.29) is 30.3 Å². The van der Waals surface area contributed by atoms with Gasteiger partial charge >= 0.3 is 5.97 Å². The van der Waals surface area contributed by atoms with Crippen LogP contribution in [-0.4, -0.2) is 40.5 Å². The van der Waals surface area contributed by atoms with E-state index in [0.717, 1.165) is 5.56 Å². The monoisotopic (exact) mass is 336 g/mol. The Balaban J connectivity index is 2.51. The summed E-state index contributed by atoms with van der Waals surface area (Å²) in [5.74, 6) is -2.26. The lowest BCUT2D eigenvalue weighted by molar-refractivity contribution is -0.143. The first-order chi connectivity index (χ1) is 11.3. The van der Waals surface area contributed by atoms with E-state index in [1.165, 1.54) is 12.1 Å². The van der Waals surface area contributed by atoms with E-state index in [9.17, 15) is 19.8 Å². The van der Waals surface area contributed by atoms with E-state index in [1.54, 1.807) is 12.1 Å². The molecule has 0 amide bonds. The number of phenolic OH excluding ortho intramolecular Hbond substituents is 1. The van der Waals surface area contributed by atoms with Gasteiger partial charge in [0.2, 0.25) is 0 Å². The number of ketones is 1. The Morgan fingerprint density at radius 3 is 2.42 bits per heavy atom. The SMILES string of the molecule is N=C(N)NCCCC(N)C(=O)CC(Cc1ccc(O)cc1)C(=O)O. The quantitative estimate of drug-likeness (QED) is 0.202. The molecule has 8 nitrogen and oxygen atoms in total. The van der Waals surface area contributed by atoms with Crippen LogP contribution in [0.4, 0.5) is 0 Å². The average Bonchev–Trinajstić information content (AvgIpc) is 2.52. The maximum Gasteiger partial charge on any atom is 0.307 e. The fourth-order valence-electron chi connectivity index (χ4n) is 2.26. The number of hydrogen-bond acceptors (Lipinski definition) is 5. The molecule has 0 saturated heterocycles. The van der Waals surface area contributed by atoms with Gasteiger partial charge in [-0.15, -0.1) is 0 Å². The number of guanidine groups is 1. The second-order valence-electron chi connectivity index (χ2n) is 5.67. The van der Waals surface area contributed by atoms with Gasteiger partial charge < -0.3 is 27.0 Å². The number of carbonyl (C=O) groups is 2. The van der Waals surface area contributed by atoms with E-state index in [4.69, 9.17) is 16.9 Å². The molecule has 0 bridgehead atoms. The number of phenols is 1. The summed E-state index contributed by atoms with van der Waals surface area (Å²) in [5.41, 5.74) is 11.7. The molecule has 0 aliphatic rings. The van der Waals surface area contributed by atoms with Gasteiger partial charge in [0.05, 0.1) is 12.0 Å². The fourth-order valence-corrected chi connectivity index (χ4v) is 2.26. The molecule has 132 valence electrons. The third-order valence-corrected chi connectivity index (χ3v) is 3.64. The number of rotatable bonds is 10. The molecule has 2 atom stereocenters. The van der Waals surface area contributed by atoms with E-state index < -0.39 is 17.9 Å². The Morgan fingerprint density at radius 1 is 1.25 bits per heavy atom. The molecular weight excluding hydrogens is 312 g/mol. The summed E-state index contributed by atoms with van der Waals surface area (Å²) < 4.78 is 0. The largest absolute Gasteiger partial charge is 0.508 e. The molecule has 0 heterocycles. The van der Waals surface area contributed by atoms with Crippen molar-refractivity contribution in [3.05, 3.63) is 29.8 Å². The minimum Gasteiger partial charge on any atom is -0.508 e. The lowest BCUT2D eigenvalue weighted by Crippen LogP contribution is -2.36. The highest BCUT2D eigenvalue weighted by atomic mass is 16.4. The van der Waals surface area contributed by atoms with Crippen LogP contribution in [-0.2, 0) is 16.0 Å². The van der Waals surface area contributed by atoms with Crippen molar-refractivity contribution in [3.8, 4) is 5.75 Å². The van der Waals surface area contributed by atoms with Gasteiger partial charge in [-0.05, 0) is 37.0 Å². The van der Waals surface area contributed by atoms with Crippen LogP contribution in [0.15, 0.2) is 24.3 Å². The Bertz CT molecular complexity index is 574. The summed E-state index contributed by atoms with van der Waals surface area (Å²) in [6.07, 6.45) is 1.00. The van der Waals surface area contributed by atoms with E-state index in [2.05, 4.69) is 5.32 Å². The van der Waals surface area contributed by atoms with Crippen LogP contribution >= 0.6 is 0 Å². The highest BCUT2D eigenvalue weighted by molar-refractivity contribution is 5.87. The third kappa shape index (κ3) is 7.10. The number of Topliss-reactive ketones (excluding diaryl/α,β-unsaturated/α-hetero) is 1. The molecular formula is C16H24N4O4. The van der Waals surface area contributed by atoms with Gasteiger partial charge in [0.15, 0.2) is 5.96 Å². The number of benzene rings is 1. The molecule has 0 aliphatic carbocycles. The van der Waals surface area contributed by atoms with Crippen molar-refractivity contribution in [2.75, 3.05) is 6.54 Å². The Morgan fingerprint density at radius 2 is 1.88 bits per heavy atom. The van der Waals surface area contributed by atoms with Crippen LogP contribution in [0.2, 0.25) is 0 Å². The summed E-state index contributed by atoms with van der Waals surface area (Å²) in [7, 11) is 0. The topological polar surface area (TPSA) is 163 Å². The van der Waals surface area contributed by atoms with Crippen molar-refractivity contribution < 1.29 is 19.8 Å². The molecule has 0 fully saturated rings. The predicted molar refractivity (Wildman–Crippen MR) is 89.7 cm³/mol. The molecule has 2 unspecified atom stereocenters. The molecule has 8 N–H and O–H groups in total. The van der Waals surface area contributed by atoms with E-state index in [0.29, 0.717) is 19.4 Å². The van der Waals surface area contributed by atoms with E-state index in [1.807, 2.05) is 0 Å². The van der Waals surface area contributed by atoms with Gasteiger partial charge in [0.25, 0.3) is 0 Å². The Hall–Kier alpha value is -2.61. The van der Waals surface area contributed by atoms with Gasteiger partial charge in [-0.1, -0.05) is 12.1 Å². The highest BCUT2D eigenvalue weighted by Gasteiger charge is 2.24. The van der Waals surface area contributed by atoms with E-state index >= 15 is 0 Å². The van der Waals surface area contributed by atoms with Crippen molar-refractivity contribution in [1.29, 1.82) is 5.41 Å². The predicted octanol–water partition coefficient (Wildman–Crippen LogP) is 0.185. The zero-order chi connectivity index (χ0) is 18.1. The fraction of sp³-hybridized carbons (Fsp3) is 0.438. The standard InChI is InChI=1S/C16H24N4O4/c17-13(2-1-7-20-16(18)19)14(22)9-11(15(23)24)8-10-3-5-12(21)6-4-10/h3-6,11,13,21H,1-2,7-9,17H2,(H,23,24)(H4,18,19,20). The first kappa shape index (κ1) is 19.4. The minimum atomic E-state index is -1.05. The van der Waals surface area contributed by atoms with Crippen molar-refractivity contribution >= 4 is 17.7 Å². The van der Waals surface area contributed by atoms with Crippen LogP contribution in [0.1, 0.15) is 24.8 Å². The first-order valence-corrected chi connectivity index (χ1v) is 7.66. The van der Waals surface area contributed by atoms with Crippen LogP contribution in [0, 0.1) is 11.3 Å².